The molecule has 0 aliphatic carbocycles. The van der Waals surface area contributed by atoms with Crippen molar-refractivity contribution in [3.05, 3.63) is 53.6 Å². The summed E-state index contributed by atoms with van der Waals surface area (Å²) in [7, 11) is 1.12. The molecular weight excluding hydrogens is 600 g/mol. The first-order valence-electron chi connectivity index (χ1n) is 13.6. The molecule has 232 valence electrons. The van der Waals surface area contributed by atoms with Crippen molar-refractivity contribution in [1.82, 2.24) is 4.98 Å². The van der Waals surface area contributed by atoms with Gasteiger partial charge in [-0.05, 0) is 30.3 Å². The molecule has 3 heterocycles. The van der Waals surface area contributed by atoms with Crippen LogP contribution in [0, 0.1) is 0 Å². The number of benzene rings is 2. The third-order valence-electron chi connectivity index (χ3n) is 6.81. The summed E-state index contributed by atoms with van der Waals surface area (Å²) in [5, 5.41) is 1.11. The van der Waals surface area contributed by atoms with E-state index < -0.39 is 54.5 Å². The summed E-state index contributed by atoms with van der Waals surface area (Å²) in [4.78, 5) is 56.4. The first kappa shape index (κ1) is 30.8. The molecule has 13 nitrogen and oxygen atoms in total. The van der Waals surface area contributed by atoms with Crippen molar-refractivity contribution in [3.63, 3.8) is 0 Å². The summed E-state index contributed by atoms with van der Waals surface area (Å²) in [6.07, 6.45) is -7.53. The lowest BCUT2D eigenvalue weighted by atomic mass is 9.95. The zero-order chi connectivity index (χ0) is 31.5. The molecule has 1 fully saturated rings. The molecule has 0 N–H and O–H groups in total. The molecular formula is C30H29ClN2O11. The van der Waals surface area contributed by atoms with Crippen LogP contribution in [0.2, 0.25) is 5.02 Å². The number of rotatable bonds is 7. The van der Waals surface area contributed by atoms with Crippen molar-refractivity contribution in [2.45, 2.75) is 51.4 Å². The van der Waals surface area contributed by atoms with Gasteiger partial charge in [0.25, 0.3) is 0 Å². The van der Waals surface area contributed by atoms with E-state index in [0.717, 1.165) is 33.3 Å². The highest BCUT2D eigenvalue weighted by molar-refractivity contribution is 6.35. The van der Waals surface area contributed by atoms with Crippen LogP contribution in [0.1, 0.15) is 20.8 Å². The Morgan fingerprint density at radius 2 is 1.50 bits per heavy atom. The van der Waals surface area contributed by atoms with E-state index in [1.807, 2.05) is 6.07 Å². The molecule has 3 aromatic rings. The maximum atomic E-state index is 13.1. The Morgan fingerprint density at radius 3 is 2.18 bits per heavy atom. The number of para-hydroxylation sites is 1. The van der Waals surface area contributed by atoms with E-state index in [-0.39, 0.29) is 5.82 Å². The van der Waals surface area contributed by atoms with Gasteiger partial charge in [-0.1, -0.05) is 23.7 Å². The first-order chi connectivity index (χ1) is 21.1. The van der Waals surface area contributed by atoms with Gasteiger partial charge in [-0.15, -0.1) is 0 Å². The number of ether oxygens (including phenoxy) is 7. The van der Waals surface area contributed by atoms with Crippen LogP contribution in [0.15, 0.2) is 48.5 Å². The van der Waals surface area contributed by atoms with Crippen LogP contribution in [0.25, 0.3) is 10.9 Å². The van der Waals surface area contributed by atoms with Crippen molar-refractivity contribution >= 4 is 57.9 Å². The number of nitrogens with zero attached hydrogens (tertiary/aromatic N) is 2. The molecule has 5 unspecified atom stereocenters. The van der Waals surface area contributed by atoms with Gasteiger partial charge in [-0.25, -0.2) is 9.78 Å². The molecule has 44 heavy (non-hydrogen) atoms. The molecule has 5 rings (SSSR count). The van der Waals surface area contributed by atoms with E-state index in [1.54, 1.807) is 42.5 Å². The van der Waals surface area contributed by atoms with Crippen LogP contribution in [0.4, 0.5) is 11.5 Å². The topological polar surface area (TPSA) is 149 Å². The largest absolute Gasteiger partial charge is 0.486 e. The predicted molar refractivity (Wildman–Crippen MR) is 154 cm³/mol. The average molecular weight is 629 g/mol. The second-order valence-electron chi connectivity index (χ2n) is 9.87. The average Bonchev–Trinajstić information content (AvgIpc) is 2.99. The zero-order valence-electron chi connectivity index (χ0n) is 24.2. The van der Waals surface area contributed by atoms with Gasteiger partial charge in [0.05, 0.1) is 17.6 Å². The Balaban J connectivity index is 1.74. The fourth-order valence-electron chi connectivity index (χ4n) is 5.13. The van der Waals surface area contributed by atoms with Gasteiger partial charge in [-0.2, -0.15) is 0 Å². The molecule has 1 saturated heterocycles. The molecule has 0 saturated carbocycles. The maximum Gasteiger partial charge on any atom is 0.339 e. The van der Waals surface area contributed by atoms with E-state index in [9.17, 15) is 19.2 Å². The molecule has 5 atom stereocenters. The van der Waals surface area contributed by atoms with Gasteiger partial charge in [0.15, 0.2) is 42.1 Å². The SMILES string of the molecule is COC(=O)C1OC(N(c2ccc3c(c2)OCCO3)c2ccc3cccc(Cl)c3n2)C(OC(C)=O)C(OC(C)=O)C1OC(C)=O. The minimum atomic E-state index is -1.62. The normalized spacial score (nSPS) is 22.4. The third-order valence-corrected chi connectivity index (χ3v) is 7.12. The molecule has 1 aromatic heterocycles. The number of carbonyl (C=O) groups excluding carboxylic acids is 4. The van der Waals surface area contributed by atoms with Crippen molar-refractivity contribution in [1.29, 1.82) is 0 Å². The Hall–Kier alpha value is -4.62. The van der Waals surface area contributed by atoms with Crippen molar-refractivity contribution < 1.29 is 52.3 Å². The summed E-state index contributed by atoms with van der Waals surface area (Å²) in [6.45, 7) is 4.05. The number of halogens is 1. The second kappa shape index (κ2) is 12.9. The number of aromatic nitrogens is 1. The number of methoxy groups -OCH3 is 1. The Labute approximate surface area is 256 Å². The van der Waals surface area contributed by atoms with Crippen LogP contribution in [-0.2, 0) is 42.9 Å². The number of carbonyl (C=O) groups is 4. The Kier molecular flexibility index (Phi) is 9.06. The van der Waals surface area contributed by atoms with Gasteiger partial charge in [-0.3, -0.25) is 19.3 Å². The van der Waals surface area contributed by atoms with E-state index in [1.165, 1.54) is 4.90 Å². The number of hydrogen-bond acceptors (Lipinski definition) is 13. The number of esters is 4. The third kappa shape index (κ3) is 6.33. The van der Waals surface area contributed by atoms with Gasteiger partial charge in [0.1, 0.15) is 19.0 Å². The minimum absolute atomic E-state index is 0.251. The molecule has 2 aliphatic rings. The smallest absolute Gasteiger partial charge is 0.339 e. The van der Waals surface area contributed by atoms with Crippen LogP contribution >= 0.6 is 11.6 Å². The van der Waals surface area contributed by atoms with Gasteiger partial charge >= 0.3 is 23.9 Å². The summed E-state index contributed by atoms with van der Waals surface area (Å²) in [5.41, 5.74) is 0.860. The molecule has 0 bridgehead atoms. The van der Waals surface area contributed by atoms with Crippen molar-refractivity contribution in [2.24, 2.45) is 0 Å². The highest BCUT2D eigenvalue weighted by Crippen LogP contribution is 2.41. The van der Waals surface area contributed by atoms with E-state index in [0.29, 0.717) is 40.9 Å². The number of pyridine rings is 1. The number of anilines is 2. The minimum Gasteiger partial charge on any atom is -0.486 e. The van der Waals surface area contributed by atoms with Crippen molar-refractivity contribution in [2.75, 3.05) is 25.2 Å². The van der Waals surface area contributed by atoms with E-state index in [2.05, 4.69) is 0 Å². The zero-order valence-corrected chi connectivity index (χ0v) is 24.9. The van der Waals surface area contributed by atoms with E-state index in [4.69, 9.17) is 49.7 Å². The molecule has 14 heteroatoms. The standard InChI is InChI=1S/C30H29ClN2O11/c1-15(34)41-25-26(42-16(2)35)28(30(37)38-4)44-29(27(25)43-17(3)36)33(19-9-10-21-22(14-19)40-13-12-39-21)23-11-8-18-6-5-7-20(31)24(18)32-23/h5-11,14,25-29H,12-13H2,1-4H3. The fourth-order valence-corrected chi connectivity index (χ4v) is 5.35. The van der Waals surface area contributed by atoms with Gasteiger partial charge in [0, 0.05) is 37.9 Å². The Bertz CT molecular complexity index is 1600. The first-order valence-corrected chi connectivity index (χ1v) is 13.9. The lowest BCUT2D eigenvalue weighted by molar-refractivity contribution is -0.247. The van der Waals surface area contributed by atoms with Crippen LogP contribution in [0.5, 0.6) is 11.5 Å². The second-order valence-corrected chi connectivity index (χ2v) is 10.3. The molecule has 0 radical (unpaired) electrons. The summed E-state index contributed by atoms with van der Waals surface area (Å²) < 4.78 is 39.5. The van der Waals surface area contributed by atoms with Crippen LogP contribution in [-0.4, -0.2) is 79.8 Å². The van der Waals surface area contributed by atoms with Gasteiger partial charge < -0.3 is 33.2 Å². The molecule has 0 amide bonds. The predicted octanol–water partition coefficient (Wildman–Crippen LogP) is 3.49. The lowest BCUT2D eigenvalue weighted by Gasteiger charge is -2.47. The van der Waals surface area contributed by atoms with Crippen LogP contribution < -0.4 is 14.4 Å². The van der Waals surface area contributed by atoms with Gasteiger partial charge in [0.2, 0.25) is 0 Å². The molecule has 2 aliphatic heterocycles. The molecule has 0 spiro atoms. The van der Waals surface area contributed by atoms with E-state index >= 15 is 0 Å². The summed E-state index contributed by atoms with van der Waals surface area (Å²) in [5.74, 6) is -2.14. The monoisotopic (exact) mass is 628 g/mol. The molecule has 2 aromatic carbocycles. The quantitative estimate of drug-likeness (QED) is 0.278. The summed E-state index contributed by atoms with van der Waals surface area (Å²) >= 11 is 6.50. The lowest BCUT2D eigenvalue weighted by Crippen LogP contribution is -2.66. The van der Waals surface area contributed by atoms with Crippen LogP contribution in [0.3, 0.4) is 0 Å². The number of hydrogen-bond donors (Lipinski definition) is 0. The highest BCUT2D eigenvalue weighted by Gasteiger charge is 2.56. The maximum absolute atomic E-state index is 13.1. The number of fused-ring (bicyclic) bond motifs is 2. The summed E-state index contributed by atoms with van der Waals surface area (Å²) in [6, 6.07) is 13.8. The fraction of sp³-hybridized carbons (Fsp3) is 0.367. The van der Waals surface area contributed by atoms with Crippen molar-refractivity contribution in [3.8, 4) is 11.5 Å². The Morgan fingerprint density at radius 1 is 0.841 bits per heavy atom. The highest BCUT2D eigenvalue weighted by atomic mass is 35.5.